The average Bonchev–Trinajstić information content (AvgIpc) is 2.54. The fourth-order valence-corrected chi connectivity index (χ4v) is 4.02. The minimum atomic E-state index is 0.237. The number of ether oxygens (including phenoxy) is 1. The van der Waals surface area contributed by atoms with E-state index in [2.05, 4.69) is 17.1 Å². The van der Waals surface area contributed by atoms with Gasteiger partial charge in [-0.3, -0.25) is 4.90 Å². The molecular formula is C17H34N2O2. The molecule has 0 bridgehead atoms. The van der Waals surface area contributed by atoms with Crippen LogP contribution in [0.1, 0.15) is 51.9 Å². The zero-order valence-corrected chi connectivity index (χ0v) is 13.8. The molecule has 1 unspecified atom stereocenters. The van der Waals surface area contributed by atoms with Gasteiger partial charge in [0.25, 0.3) is 0 Å². The van der Waals surface area contributed by atoms with Gasteiger partial charge in [0, 0.05) is 37.7 Å². The lowest BCUT2D eigenvalue weighted by atomic mass is 9.80. The third-order valence-corrected chi connectivity index (χ3v) is 5.17. The topological polar surface area (TPSA) is 44.7 Å². The van der Waals surface area contributed by atoms with E-state index in [9.17, 15) is 5.11 Å². The molecule has 4 nitrogen and oxygen atoms in total. The van der Waals surface area contributed by atoms with Crippen molar-refractivity contribution in [2.24, 2.45) is 5.41 Å². The van der Waals surface area contributed by atoms with Crippen LogP contribution in [0.4, 0.5) is 0 Å². The van der Waals surface area contributed by atoms with Gasteiger partial charge in [-0.05, 0) is 32.2 Å². The summed E-state index contributed by atoms with van der Waals surface area (Å²) in [6, 6.07) is 0.673. The maximum Gasteiger partial charge on any atom is 0.0558 e. The molecule has 0 aromatic carbocycles. The van der Waals surface area contributed by atoms with Crippen molar-refractivity contribution in [2.45, 2.75) is 57.9 Å². The minimum Gasteiger partial charge on any atom is -0.395 e. The summed E-state index contributed by atoms with van der Waals surface area (Å²) in [4.78, 5) is 2.56. The Hall–Kier alpha value is -0.160. The zero-order chi connectivity index (χ0) is 15.0. The van der Waals surface area contributed by atoms with Gasteiger partial charge in [0.1, 0.15) is 0 Å². The number of rotatable bonds is 8. The lowest BCUT2D eigenvalue weighted by Gasteiger charge is -2.44. The Morgan fingerprint density at radius 1 is 1.24 bits per heavy atom. The van der Waals surface area contributed by atoms with Gasteiger partial charge in [-0.1, -0.05) is 26.2 Å². The smallest absolute Gasteiger partial charge is 0.0558 e. The summed E-state index contributed by atoms with van der Waals surface area (Å²) in [5, 5.41) is 13.0. The molecule has 1 saturated heterocycles. The van der Waals surface area contributed by atoms with E-state index >= 15 is 0 Å². The van der Waals surface area contributed by atoms with Gasteiger partial charge in [0.2, 0.25) is 0 Å². The summed E-state index contributed by atoms with van der Waals surface area (Å²) in [7, 11) is 0. The van der Waals surface area contributed by atoms with Crippen LogP contribution in [0, 0.1) is 5.41 Å². The van der Waals surface area contributed by atoms with Crippen LogP contribution in [0.3, 0.4) is 0 Å². The lowest BCUT2D eigenvalue weighted by Crippen LogP contribution is -2.52. The SMILES string of the molecule is CCNCC1(CN(CCO)C2CCCCC2)CCCOC1. The third-order valence-electron chi connectivity index (χ3n) is 5.17. The summed E-state index contributed by atoms with van der Waals surface area (Å²) >= 11 is 0. The summed E-state index contributed by atoms with van der Waals surface area (Å²) < 4.78 is 5.82. The molecule has 0 radical (unpaired) electrons. The van der Waals surface area contributed by atoms with E-state index in [-0.39, 0.29) is 12.0 Å². The van der Waals surface area contributed by atoms with Crippen LogP contribution in [0.2, 0.25) is 0 Å². The summed E-state index contributed by atoms with van der Waals surface area (Å²) in [6.45, 7) is 8.18. The quantitative estimate of drug-likeness (QED) is 0.719. The van der Waals surface area contributed by atoms with Crippen LogP contribution in [0.5, 0.6) is 0 Å². The molecule has 2 N–H and O–H groups in total. The van der Waals surface area contributed by atoms with E-state index in [1.165, 1.54) is 44.9 Å². The van der Waals surface area contributed by atoms with Gasteiger partial charge in [0.15, 0.2) is 0 Å². The number of hydrogen-bond donors (Lipinski definition) is 2. The molecule has 1 heterocycles. The van der Waals surface area contributed by atoms with Gasteiger partial charge >= 0.3 is 0 Å². The average molecular weight is 298 g/mol. The Bertz CT molecular complexity index is 274. The third kappa shape index (κ3) is 5.20. The number of aliphatic hydroxyl groups is 1. The highest BCUT2D eigenvalue weighted by Gasteiger charge is 2.36. The Morgan fingerprint density at radius 2 is 2.05 bits per heavy atom. The van der Waals surface area contributed by atoms with Crippen LogP contribution in [0.25, 0.3) is 0 Å². The molecule has 2 aliphatic rings. The highest BCUT2D eigenvalue weighted by atomic mass is 16.5. The molecule has 0 amide bonds. The molecule has 1 aliphatic heterocycles. The van der Waals surface area contributed by atoms with E-state index < -0.39 is 0 Å². The van der Waals surface area contributed by atoms with Crippen molar-refractivity contribution in [2.75, 3.05) is 46.0 Å². The van der Waals surface area contributed by atoms with Gasteiger partial charge in [0.05, 0.1) is 13.2 Å². The van der Waals surface area contributed by atoms with E-state index in [4.69, 9.17) is 4.74 Å². The maximum absolute atomic E-state index is 9.47. The minimum absolute atomic E-state index is 0.237. The molecule has 0 spiro atoms. The largest absolute Gasteiger partial charge is 0.395 e. The van der Waals surface area contributed by atoms with Gasteiger partial charge in [-0.25, -0.2) is 0 Å². The van der Waals surface area contributed by atoms with Crippen LogP contribution in [-0.2, 0) is 4.74 Å². The highest BCUT2D eigenvalue weighted by molar-refractivity contribution is 4.89. The van der Waals surface area contributed by atoms with Crippen molar-refractivity contribution in [3.8, 4) is 0 Å². The predicted octanol–water partition coefficient (Wildman–Crippen LogP) is 2.02. The Morgan fingerprint density at radius 3 is 2.67 bits per heavy atom. The molecule has 4 heteroatoms. The van der Waals surface area contributed by atoms with Crippen LogP contribution >= 0.6 is 0 Å². The summed E-state index contributed by atoms with van der Waals surface area (Å²) in [5.74, 6) is 0. The van der Waals surface area contributed by atoms with Gasteiger partial charge in [-0.15, -0.1) is 0 Å². The maximum atomic E-state index is 9.47. The Kier molecular flexibility index (Phi) is 7.44. The molecule has 1 saturated carbocycles. The standard InChI is InChI=1S/C17H34N2O2/c1-2-18-13-17(9-6-12-21-15-17)14-19(10-11-20)16-7-4-3-5-8-16/h16,18,20H,2-15H2,1H3. The Balaban J connectivity index is 1.99. The van der Waals surface area contributed by atoms with Crippen molar-refractivity contribution in [1.29, 1.82) is 0 Å². The molecule has 124 valence electrons. The molecule has 1 atom stereocenters. The fraction of sp³-hybridized carbons (Fsp3) is 1.00. The first kappa shape index (κ1) is 17.2. The number of hydrogen-bond acceptors (Lipinski definition) is 4. The fourth-order valence-electron chi connectivity index (χ4n) is 4.02. The van der Waals surface area contributed by atoms with E-state index in [1.54, 1.807) is 0 Å². The molecule has 0 aromatic rings. The molecule has 0 aromatic heterocycles. The molecule has 2 fully saturated rings. The summed E-state index contributed by atoms with van der Waals surface area (Å²) in [5.41, 5.74) is 0.237. The molecule has 2 rings (SSSR count). The predicted molar refractivity (Wildman–Crippen MR) is 86.6 cm³/mol. The second kappa shape index (κ2) is 9.09. The molecular weight excluding hydrogens is 264 g/mol. The Labute approximate surface area is 130 Å². The van der Waals surface area contributed by atoms with E-state index in [0.29, 0.717) is 6.04 Å². The van der Waals surface area contributed by atoms with E-state index in [0.717, 1.165) is 39.4 Å². The van der Waals surface area contributed by atoms with Crippen molar-refractivity contribution in [1.82, 2.24) is 10.2 Å². The zero-order valence-electron chi connectivity index (χ0n) is 13.8. The lowest BCUT2D eigenvalue weighted by molar-refractivity contribution is -0.0380. The second-order valence-electron chi connectivity index (χ2n) is 6.92. The number of aliphatic hydroxyl groups excluding tert-OH is 1. The normalized spacial score (nSPS) is 28.1. The number of nitrogens with one attached hydrogen (secondary N) is 1. The molecule has 21 heavy (non-hydrogen) atoms. The molecule has 1 aliphatic carbocycles. The van der Waals surface area contributed by atoms with E-state index in [1.807, 2.05) is 0 Å². The van der Waals surface area contributed by atoms with Crippen molar-refractivity contribution < 1.29 is 9.84 Å². The monoisotopic (exact) mass is 298 g/mol. The van der Waals surface area contributed by atoms with Crippen LogP contribution < -0.4 is 5.32 Å². The van der Waals surface area contributed by atoms with Crippen molar-refractivity contribution in [3.05, 3.63) is 0 Å². The first-order chi connectivity index (χ1) is 10.3. The highest BCUT2D eigenvalue weighted by Crippen LogP contribution is 2.32. The first-order valence-electron chi connectivity index (χ1n) is 8.93. The van der Waals surface area contributed by atoms with Crippen LogP contribution in [-0.4, -0.2) is 62.0 Å². The second-order valence-corrected chi connectivity index (χ2v) is 6.92. The van der Waals surface area contributed by atoms with Crippen molar-refractivity contribution >= 4 is 0 Å². The van der Waals surface area contributed by atoms with Crippen LogP contribution in [0.15, 0.2) is 0 Å². The van der Waals surface area contributed by atoms with Gasteiger partial charge < -0.3 is 15.2 Å². The summed E-state index contributed by atoms with van der Waals surface area (Å²) in [6.07, 6.45) is 9.11. The first-order valence-corrected chi connectivity index (χ1v) is 8.93. The number of nitrogens with zero attached hydrogens (tertiary/aromatic N) is 1. The van der Waals surface area contributed by atoms with Crippen molar-refractivity contribution in [3.63, 3.8) is 0 Å². The van der Waals surface area contributed by atoms with Gasteiger partial charge in [-0.2, -0.15) is 0 Å².